The van der Waals surface area contributed by atoms with Gasteiger partial charge in [0, 0.05) is 20.2 Å². The lowest BCUT2D eigenvalue weighted by Gasteiger charge is -2.31. The topological polar surface area (TPSA) is 67.9 Å². The maximum atomic E-state index is 12.0. The fourth-order valence-corrected chi connectivity index (χ4v) is 2.34. The minimum absolute atomic E-state index is 0.00856. The van der Waals surface area contributed by atoms with Crippen molar-refractivity contribution in [3.8, 4) is 5.75 Å². The van der Waals surface area contributed by atoms with Gasteiger partial charge in [-0.3, -0.25) is 9.59 Å². The quantitative estimate of drug-likeness (QED) is 0.845. The fourth-order valence-electron chi connectivity index (χ4n) is 2.34. The molecule has 1 aliphatic heterocycles. The van der Waals surface area contributed by atoms with E-state index in [1.165, 1.54) is 0 Å². The van der Waals surface area contributed by atoms with Gasteiger partial charge in [0.25, 0.3) is 5.91 Å². The van der Waals surface area contributed by atoms with E-state index < -0.39 is 0 Å². The van der Waals surface area contributed by atoms with E-state index in [-0.39, 0.29) is 31.1 Å². The average molecular weight is 306 g/mol. The van der Waals surface area contributed by atoms with Crippen LogP contribution < -0.4 is 10.1 Å². The molecule has 6 heteroatoms. The van der Waals surface area contributed by atoms with Gasteiger partial charge in [-0.2, -0.15) is 0 Å². The number of nitrogens with zero attached hydrogens (tertiary/aromatic N) is 1. The van der Waals surface area contributed by atoms with Crippen LogP contribution in [0.3, 0.4) is 0 Å². The lowest BCUT2D eigenvalue weighted by molar-refractivity contribution is -0.135. The van der Waals surface area contributed by atoms with E-state index in [0.29, 0.717) is 18.8 Å². The van der Waals surface area contributed by atoms with Gasteiger partial charge >= 0.3 is 0 Å². The molecule has 0 saturated carbocycles. The van der Waals surface area contributed by atoms with Crippen LogP contribution in [0, 0.1) is 0 Å². The maximum Gasteiger partial charge on any atom is 0.258 e. The average Bonchev–Trinajstić information content (AvgIpc) is 2.58. The molecule has 6 nitrogen and oxygen atoms in total. The van der Waals surface area contributed by atoms with Gasteiger partial charge in [-0.1, -0.05) is 18.2 Å². The van der Waals surface area contributed by atoms with E-state index in [9.17, 15) is 9.59 Å². The fraction of sp³-hybridized carbons (Fsp3) is 0.500. The summed E-state index contributed by atoms with van der Waals surface area (Å²) in [5.41, 5.74) is 0. The first-order chi connectivity index (χ1) is 10.7. The highest BCUT2D eigenvalue weighted by atomic mass is 16.5. The van der Waals surface area contributed by atoms with E-state index >= 15 is 0 Å². The van der Waals surface area contributed by atoms with Crippen LogP contribution in [-0.4, -0.2) is 56.2 Å². The molecular formula is C16H22N2O4. The van der Waals surface area contributed by atoms with Crippen LogP contribution in [0.1, 0.15) is 12.8 Å². The summed E-state index contributed by atoms with van der Waals surface area (Å²) in [7, 11) is 1.69. The highest BCUT2D eigenvalue weighted by Crippen LogP contribution is 2.12. The number of methoxy groups -OCH3 is 1. The van der Waals surface area contributed by atoms with Gasteiger partial charge in [-0.15, -0.1) is 0 Å². The Balaban J connectivity index is 1.64. The molecule has 0 radical (unpaired) electrons. The molecule has 22 heavy (non-hydrogen) atoms. The highest BCUT2D eigenvalue weighted by Gasteiger charge is 2.22. The molecule has 0 aromatic heterocycles. The number of hydrogen-bond donors (Lipinski definition) is 1. The molecule has 1 N–H and O–H groups in total. The number of nitrogens with one attached hydrogen (secondary N) is 1. The molecule has 1 aromatic carbocycles. The van der Waals surface area contributed by atoms with Gasteiger partial charge < -0.3 is 19.7 Å². The van der Waals surface area contributed by atoms with Crippen LogP contribution in [0.5, 0.6) is 5.75 Å². The monoisotopic (exact) mass is 306 g/mol. The number of para-hydroxylation sites is 1. The summed E-state index contributed by atoms with van der Waals surface area (Å²) < 4.78 is 10.6. The van der Waals surface area contributed by atoms with Crippen LogP contribution in [0.4, 0.5) is 0 Å². The summed E-state index contributed by atoms with van der Waals surface area (Å²) in [5, 5.41) is 2.59. The molecule has 1 aliphatic rings. The van der Waals surface area contributed by atoms with Gasteiger partial charge in [-0.05, 0) is 25.0 Å². The Morgan fingerprint density at radius 1 is 1.23 bits per heavy atom. The third-order valence-corrected chi connectivity index (χ3v) is 3.68. The molecule has 2 amide bonds. The van der Waals surface area contributed by atoms with E-state index in [1.54, 1.807) is 24.1 Å². The van der Waals surface area contributed by atoms with Gasteiger partial charge in [0.2, 0.25) is 5.91 Å². The summed E-state index contributed by atoms with van der Waals surface area (Å²) in [5.74, 6) is 0.261. The van der Waals surface area contributed by atoms with Gasteiger partial charge in [0.1, 0.15) is 5.75 Å². The Kier molecular flexibility index (Phi) is 6.21. The Labute approximate surface area is 130 Å². The number of hydrogen-bond acceptors (Lipinski definition) is 4. The van der Waals surface area contributed by atoms with Crippen LogP contribution in [0.2, 0.25) is 0 Å². The SMILES string of the molecule is COC1CCN(C(=O)CNC(=O)COc2ccccc2)CC1. The zero-order valence-electron chi connectivity index (χ0n) is 12.8. The molecular weight excluding hydrogens is 284 g/mol. The molecule has 0 unspecified atom stereocenters. The second-order valence-electron chi connectivity index (χ2n) is 5.19. The van der Waals surface area contributed by atoms with E-state index in [4.69, 9.17) is 9.47 Å². The molecule has 1 heterocycles. The van der Waals surface area contributed by atoms with E-state index in [0.717, 1.165) is 12.8 Å². The highest BCUT2D eigenvalue weighted by molar-refractivity contribution is 5.85. The third-order valence-electron chi connectivity index (χ3n) is 3.68. The molecule has 1 fully saturated rings. The Bertz CT molecular complexity index is 484. The minimum atomic E-state index is -0.302. The van der Waals surface area contributed by atoms with E-state index in [2.05, 4.69) is 5.32 Å². The molecule has 1 saturated heterocycles. The van der Waals surface area contributed by atoms with Crippen molar-refractivity contribution in [3.05, 3.63) is 30.3 Å². The number of likely N-dealkylation sites (tertiary alicyclic amines) is 1. The molecule has 0 bridgehead atoms. The van der Waals surface area contributed by atoms with Crippen LogP contribution >= 0.6 is 0 Å². The predicted octanol–water partition coefficient (Wildman–Crippen LogP) is 0.819. The Hall–Kier alpha value is -2.08. The number of amides is 2. The second-order valence-corrected chi connectivity index (χ2v) is 5.19. The van der Waals surface area contributed by atoms with Crippen molar-refractivity contribution >= 4 is 11.8 Å². The van der Waals surface area contributed by atoms with Crippen molar-refractivity contribution < 1.29 is 19.1 Å². The van der Waals surface area contributed by atoms with Crippen LogP contribution in [-0.2, 0) is 14.3 Å². The largest absolute Gasteiger partial charge is 0.484 e. The number of piperidine rings is 1. The first-order valence-electron chi connectivity index (χ1n) is 7.44. The van der Waals surface area contributed by atoms with Crippen molar-refractivity contribution in [2.75, 3.05) is 33.4 Å². The predicted molar refractivity (Wildman–Crippen MR) is 81.6 cm³/mol. The molecule has 2 rings (SSSR count). The minimum Gasteiger partial charge on any atom is -0.484 e. The van der Waals surface area contributed by atoms with Crippen LogP contribution in [0.15, 0.2) is 30.3 Å². The summed E-state index contributed by atoms with van der Waals surface area (Å²) in [6, 6.07) is 9.09. The van der Waals surface area contributed by atoms with Crippen LogP contribution in [0.25, 0.3) is 0 Å². The standard InChI is InChI=1S/C16H22N2O4/c1-21-13-7-9-18(10-8-13)16(20)11-17-15(19)12-22-14-5-3-2-4-6-14/h2-6,13H,7-12H2,1H3,(H,17,19). The van der Waals surface area contributed by atoms with Gasteiger partial charge in [0.05, 0.1) is 12.6 Å². The first kappa shape index (κ1) is 16.3. The summed E-state index contributed by atoms with van der Waals surface area (Å²) in [4.78, 5) is 25.4. The van der Waals surface area contributed by atoms with Crippen molar-refractivity contribution in [2.45, 2.75) is 18.9 Å². The molecule has 1 aromatic rings. The third kappa shape index (κ3) is 5.04. The number of benzene rings is 1. The van der Waals surface area contributed by atoms with Crippen molar-refractivity contribution in [1.82, 2.24) is 10.2 Å². The molecule has 0 spiro atoms. The zero-order valence-corrected chi connectivity index (χ0v) is 12.8. The smallest absolute Gasteiger partial charge is 0.258 e. The lowest BCUT2D eigenvalue weighted by Crippen LogP contribution is -2.45. The van der Waals surface area contributed by atoms with Crippen molar-refractivity contribution in [3.63, 3.8) is 0 Å². The Morgan fingerprint density at radius 3 is 2.55 bits per heavy atom. The number of rotatable bonds is 6. The molecule has 0 atom stereocenters. The number of ether oxygens (including phenoxy) is 2. The normalized spacial score (nSPS) is 15.4. The zero-order chi connectivity index (χ0) is 15.8. The molecule has 120 valence electrons. The first-order valence-corrected chi connectivity index (χ1v) is 7.44. The molecule has 0 aliphatic carbocycles. The summed E-state index contributed by atoms with van der Waals surface area (Å²) >= 11 is 0. The number of carbonyl (C=O) groups excluding carboxylic acids is 2. The van der Waals surface area contributed by atoms with E-state index in [1.807, 2.05) is 18.2 Å². The van der Waals surface area contributed by atoms with Gasteiger partial charge in [0.15, 0.2) is 6.61 Å². The van der Waals surface area contributed by atoms with Gasteiger partial charge in [-0.25, -0.2) is 0 Å². The maximum absolute atomic E-state index is 12.0. The Morgan fingerprint density at radius 2 is 1.91 bits per heavy atom. The summed E-state index contributed by atoms with van der Waals surface area (Å²) in [6.07, 6.45) is 1.92. The number of carbonyl (C=O) groups is 2. The van der Waals surface area contributed by atoms with Crippen molar-refractivity contribution in [1.29, 1.82) is 0 Å². The van der Waals surface area contributed by atoms with Crippen molar-refractivity contribution in [2.24, 2.45) is 0 Å². The second kappa shape index (κ2) is 8.38. The lowest BCUT2D eigenvalue weighted by atomic mass is 10.1. The summed E-state index contributed by atoms with van der Waals surface area (Å²) in [6.45, 7) is 1.26.